The Morgan fingerprint density at radius 3 is 2.48 bits per heavy atom. The lowest BCUT2D eigenvalue weighted by molar-refractivity contribution is -0.115. The summed E-state index contributed by atoms with van der Waals surface area (Å²) >= 11 is 0. The number of hydrogen-bond acceptors (Lipinski definition) is 4. The molecule has 0 atom stereocenters. The summed E-state index contributed by atoms with van der Waals surface area (Å²) in [5, 5.41) is 6.66. The van der Waals surface area contributed by atoms with Gasteiger partial charge in [-0.05, 0) is 80.1 Å². The Morgan fingerprint density at radius 2 is 1.77 bits per heavy atom. The molecule has 1 amide bonds. The molecule has 6 heteroatoms. The number of anilines is 2. The number of nitrogens with one attached hydrogen (secondary N) is 2. The fraction of sp³-hybridized carbons (Fsp3) is 0.480. The molecule has 166 valence electrons. The van der Waals surface area contributed by atoms with Gasteiger partial charge in [0, 0.05) is 43.7 Å². The first kappa shape index (κ1) is 21.8. The molecule has 2 aromatic carbocycles. The molecular formula is C25H32FN3O2. The second-order valence-electron chi connectivity index (χ2n) is 8.63. The van der Waals surface area contributed by atoms with Crippen LogP contribution in [0.25, 0.3) is 0 Å². The van der Waals surface area contributed by atoms with Crippen LogP contribution in [0.5, 0.6) is 0 Å². The van der Waals surface area contributed by atoms with Crippen LogP contribution in [0.4, 0.5) is 15.8 Å². The fourth-order valence-corrected chi connectivity index (χ4v) is 4.42. The minimum absolute atomic E-state index is 0.144. The van der Waals surface area contributed by atoms with Crippen molar-refractivity contribution >= 4 is 17.3 Å². The number of amides is 1. The van der Waals surface area contributed by atoms with Crippen molar-refractivity contribution in [2.45, 2.75) is 38.1 Å². The third kappa shape index (κ3) is 6.52. The van der Waals surface area contributed by atoms with E-state index in [0.717, 1.165) is 57.3 Å². The van der Waals surface area contributed by atoms with Gasteiger partial charge in [-0.2, -0.15) is 0 Å². The van der Waals surface area contributed by atoms with E-state index in [1.807, 2.05) is 12.1 Å². The molecular weight excluding hydrogens is 393 g/mol. The number of hydrogen-bond donors (Lipinski definition) is 2. The molecule has 2 N–H and O–H groups in total. The first-order valence-electron chi connectivity index (χ1n) is 11.4. The van der Waals surface area contributed by atoms with Gasteiger partial charge in [-0.1, -0.05) is 12.1 Å². The Kier molecular flexibility index (Phi) is 7.54. The largest absolute Gasteiger partial charge is 0.381 e. The molecule has 0 radical (unpaired) electrons. The summed E-state index contributed by atoms with van der Waals surface area (Å²) in [6, 6.07) is 14.8. The maximum absolute atomic E-state index is 13.3. The van der Waals surface area contributed by atoms with Crippen LogP contribution in [0, 0.1) is 11.7 Å². The number of benzene rings is 2. The van der Waals surface area contributed by atoms with E-state index >= 15 is 0 Å². The van der Waals surface area contributed by atoms with E-state index in [1.165, 1.54) is 30.7 Å². The van der Waals surface area contributed by atoms with Crippen LogP contribution in [-0.4, -0.2) is 44.8 Å². The lowest BCUT2D eigenvalue weighted by atomic mass is 9.98. The van der Waals surface area contributed by atoms with Crippen molar-refractivity contribution in [2.24, 2.45) is 5.92 Å². The topological polar surface area (TPSA) is 53.6 Å². The minimum atomic E-state index is -0.322. The summed E-state index contributed by atoms with van der Waals surface area (Å²) in [5.74, 6) is 0.294. The Bertz CT molecular complexity index is 844. The molecule has 0 bridgehead atoms. The SMILES string of the molecule is O=C(Cc1cccc(F)c1)Nc1ccc(N2CCC(NCC3CCOCC3)CC2)cc1. The highest BCUT2D eigenvalue weighted by molar-refractivity contribution is 5.92. The molecule has 0 aliphatic carbocycles. The van der Waals surface area contributed by atoms with Crippen LogP contribution in [0.15, 0.2) is 48.5 Å². The summed E-state index contributed by atoms with van der Waals surface area (Å²) < 4.78 is 18.7. The summed E-state index contributed by atoms with van der Waals surface area (Å²) in [5.41, 5.74) is 2.62. The van der Waals surface area contributed by atoms with Crippen LogP contribution < -0.4 is 15.5 Å². The zero-order valence-electron chi connectivity index (χ0n) is 18.0. The van der Waals surface area contributed by atoms with Gasteiger partial charge in [0.15, 0.2) is 0 Å². The van der Waals surface area contributed by atoms with Crippen molar-refractivity contribution in [1.82, 2.24) is 5.32 Å². The van der Waals surface area contributed by atoms with Crippen molar-refractivity contribution in [1.29, 1.82) is 0 Å². The maximum Gasteiger partial charge on any atom is 0.228 e. The predicted octanol–water partition coefficient (Wildman–Crippen LogP) is 3.99. The van der Waals surface area contributed by atoms with Crippen LogP contribution in [0.3, 0.4) is 0 Å². The average molecular weight is 426 g/mol. The third-order valence-corrected chi connectivity index (χ3v) is 6.30. The first-order valence-corrected chi connectivity index (χ1v) is 11.4. The minimum Gasteiger partial charge on any atom is -0.381 e. The van der Waals surface area contributed by atoms with Gasteiger partial charge in [-0.3, -0.25) is 4.79 Å². The highest BCUT2D eigenvalue weighted by Crippen LogP contribution is 2.23. The zero-order chi connectivity index (χ0) is 21.5. The normalized spacial score (nSPS) is 18.2. The molecule has 31 heavy (non-hydrogen) atoms. The van der Waals surface area contributed by atoms with Gasteiger partial charge < -0.3 is 20.3 Å². The molecule has 0 spiro atoms. The molecule has 2 fully saturated rings. The van der Waals surface area contributed by atoms with Crippen molar-refractivity contribution in [3.63, 3.8) is 0 Å². The Labute approximate surface area is 184 Å². The van der Waals surface area contributed by atoms with Gasteiger partial charge in [0.1, 0.15) is 5.82 Å². The van der Waals surface area contributed by atoms with E-state index in [1.54, 1.807) is 12.1 Å². The van der Waals surface area contributed by atoms with E-state index < -0.39 is 0 Å². The molecule has 4 rings (SSSR count). The fourth-order valence-electron chi connectivity index (χ4n) is 4.42. The monoisotopic (exact) mass is 425 g/mol. The second-order valence-corrected chi connectivity index (χ2v) is 8.63. The number of ether oxygens (including phenoxy) is 1. The second kappa shape index (κ2) is 10.7. The number of carbonyl (C=O) groups is 1. The van der Waals surface area contributed by atoms with Crippen molar-refractivity contribution in [3.05, 3.63) is 59.9 Å². The van der Waals surface area contributed by atoms with E-state index in [2.05, 4.69) is 27.7 Å². The zero-order valence-corrected chi connectivity index (χ0v) is 18.0. The lowest BCUT2D eigenvalue weighted by Gasteiger charge is -2.35. The van der Waals surface area contributed by atoms with Gasteiger partial charge in [0.05, 0.1) is 6.42 Å². The van der Waals surface area contributed by atoms with Crippen LogP contribution >= 0.6 is 0 Å². The number of nitrogens with zero attached hydrogens (tertiary/aromatic N) is 1. The van der Waals surface area contributed by atoms with E-state index in [4.69, 9.17) is 4.74 Å². The number of halogens is 1. The first-order chi connectivity index (χ1) is 15.2. The molecule has 2 saturated heterocycles. The molecule has 2 aromatic rings. The number of carbonyl (C=O) groups excluding carboxylic acids is 1. The van der Waals surface area contributed by atoms with E-state index in [9.17, 15) is 9.18 Å². The van der Waals surface area contributed by atoms with Gasteiger partial charge in [0.2, 0.25) is 5.91 Å². The molecule has 5 nitrogen and oxygen atoms in total. The standard InChI is InChI=1S/C25H32FN3O2/c26-21-3-1-2-20(16-21)17-25(30)28-23-4-6-24(7-5-23)29-12-8-22(9-13-29)27-18-19-10-14-31-15-11-19/h1-7,16,19,22,27H,8-15,17-18H2,(H,28,30). The maximum atomic E-state index is 13.3. The van der Waals surface area contributed by atoms with Crippen LogP contribution in [-0.2, 0) is 16.0 Å². The Hall–Kier alpha value is -2.44. The van der Waals surface area contributed by atoms with Crippen molar-refractivity contribution in [3.8, 4) is 0 Å². The summed E-state index contributed by atoms with van der Waals surface area (Å²) in [4.78, 5) is 14.6. The van der Waals surface area contributed by atoms with E-state index in [-0.39, 0.29) is 18.1 Å². The predicted molar refractivity (Wildman–Crippen MR) is 122 cm³/mol. The smallest absolute Gasteiger partial charge is 0.228 e. The number of piperidine rings is 1. The molecule has 2 aliphatic heterocycles. The molecule has 0 unspecified atom stereocenters. The van der Waals surface area contributed by atoms with Gasteiger partial charge in [-0.25, -0.2) is 4.39 Å². The highest BCUT2D eigenvalue weighted by Gasteiger charge is 2.21. The molecule has 2 heterocycles. The lowest BCUT2D eigenvalue weighted by Crippen LogP contribution is -2.44. The summed E-state index contributed by atoms with van der Waals surface area (Å²) in [6.45, 7) is 5.00. The molecule has 2 aliphatic rings. The van der Waals surface area contributed by atoms with Gasteiger partial charge in [-0.15, -0.1) is 0 Å². The van der Waals surface area contributed by atoms with Crippen LogP contribution in [0.1, 0.15) is 31.2 Å². The van der Waals surface area contributed by atoms with Gasteiger partial charge >= 0.3 is 0 Å². The molecule has 0 saturated carbocycles. The number of rotatable bonds is 7. The van der Waals surface area contributed by atoms with Crippen molar-refractivity contribution in [2.75, 3.05) is 43.1 Å². The van der Waals surface area contributed by atoms with Crippen LogP contribution in [0.2, 0.25) is 0 Å². The Morgan fingerprint density at radius 1 is 1.03 bits per heavy atom. The Balaban J connectivity index is 1.21. The average Bonchev–Trinajstić information content (AvgIpc) is 2.79. The molecule has 0 aromatic heterocycles. The summed E-state index contributed by atoms with van der Waals surface area (Å²) in [7, 11) is 0. The van der Waals surface area contributed by atoms with Crippen molar-refractivity contribution < 1.29 is 13.9 Å². The van der Waals surface area contributed by atoms with Gasteiger partial charge in [0.25, 0.3) is 0 Å². The van der Waals surface area contributed by atoms with E-state index in [0.29, 0.717) is 11.6 Å². The summed E-state index contributed by atoms with van der Waals surface area (Å²) in [6.07, 6.45) is 4.81. The third-order valence-electron chi connectivity index (χ3n) is 6.30. The quantitative estimate of drug-likeness (QED) is 0.704. The highest BCUT2D eigenvalue weighted by atomic mass is 19.1.